The summed E-state index contributed by atoms with van der Waals surface area (Å²) in [5.41, 5.74) is 0. The van der Waals surface area contributed by atoms with E-state index < -0.39 is 0 Å². The second kappa shape index (κ2) is 5.56. The summed E-state index contributed by atoms with van der Waals surface area (Å²) in [5, 5.41) is 7.84. The second-order valence-electron chi connectivity index (χ2n) is 5.70. The molecule has 2 N–H and O–H groups in total. The van der Waals surface area contributed by atoms with Gasteiger partial charge in [-0.2, -0.15) is 4.98 Å². The second-order valence-corrected chi connectivity index (χ2v) is 6.93. The van der Waals surface area contributed by atoms with E-state index in [0.717, 1.165) is 22.0 Å². The van der Waals surface area contributed by atoms with Crippen LogP contribution in [0.25, 0.3) is 10.2 Å². The first-order valence-electron chi connectivity index (χ1n) is 7.40. The first kappa shape index (κ1) is 13.6. The Morgan fingerprint density at radius 3 is 2.75 bits per heavy atom. The summed E-state index contributed by atoms with van der Waals surface area (Å²) in [6.45, 7) is 4.40. The van der Waals surface area contributed by atoms with E-state index in [9.17, 15) is 0 Å². The van der Waals surface area contributed by atoms with Gasteiger partial charge >= 0.3 is 0 Å². The van der Waals surface area contributed by atoms with Crippen molar-refractivity contribution < 1.29 is 0 Å². The van der Waals surface area contributed by atoms with Gasteiger partial charge in [0.1, 0.15) is 10.6 Å². The highest BCUT2D eigenvalue weighted by molar-refractivity contribution is 7.18. The zero-order valence-electron chi connectivity index (χ0n) is 12.4. The minimum atomic E-state index is 0.473. The highest BCUT2D eigenvalue weighted by Crippen LogP contribution is 2.33. The molecule has 1 aliphatic carbocycles. The Morgan fingerprint density at radius 2 is 2.05 bits per heavy atom. The molecule has 0 amide bonds. The average molecular weight is 290 g/mol. The SMILES string of the molecule is CNc1nc(NC(C)C2CCCC2)c2cc(C)sc2n1. The van der Waals surface area contributed by atoms with Crippen molar-refractivity contribution in [3.8, 4) is 0 Å². The summed E-state index contributed by atoms with van der Waals surface area (Å²) in [7, 11) is 1.87. The van der Waals surface area contributed by atoms with E-state index in [4.69, 9.17) is 0 Å². The predicted octanol–water partition coefficient (Wildman–Crippen LogP) is 4.03. The van der Waals surface area contributed by atoms with Gasteiger partial charge in [0, 0.05) is 18.0 Å². The number of thiophene rings is 1. The average Bonchev–Trinajstić information content (AvgIpc) is 3.06. The summed E-state index contributed by atoms with van der Waals surface area (Å²) in [6, 6.07) is 2.66. The molecule has 0 aliphatic heterocycles. The number of fused-ring (bicyclic) bond motifs is 1. The van der Waals surface area contributed by atoms with Crippen LogP contribution in [0.2, 0.25) is 0 Å². The lowest BCUT2D eigenvalue weighted by Crippen LogP contribution is -2.24. The standard InChI is InChI=1S/C15H22N4S/c1-9-8-12-13(17-10(2)11-6-4-5-7-11)18-15(16-3)19-14(12)20-9/h8,10-11H,4-7H2,1-3H3,(H2,16,17,18,19). The van der Waals surface area contributed by atoms with E-state index in [0.29, 0.717) is 12.0 Å². The van der Waals surface area contributed by atoms with Crippen LogP contribution in [0.15, 0.2) is 6.07 Å². The topological polar surface area (TPSA) is 49.8 Å². The highest BCUT2D eigenvalue weighted by atomic mass is 32.1. The van der Waals surface area contributed by atoms with Crippen molar-refractivity contribution in [2.75, 3.05) is 17.7 Å². The maximum absolute atomic E-state index is 4.62. The van der Waals surface area contributed by atoms with Crippen LogP contribution in [0.1, 0.15) is 37.5 Å². The molecule has 108 valence electrons. The molecule has 0 aromatic carbocycles. The number of anilines is 2. The molecule has 0 radical (unpaired) electrons. The van der Waals surface area contributed by atoms with Crippen molar-refractivity contribution in [1.82, 2.24) is 9.97 Å². The molecule has 1 unspecified atom stereocenters. The number of nitrogens with one attached hydrogen (secondary N) is 2. The Morgan fingerprint density at radius 1 is 1.30 bits per heavy atom. The van der Waals surface area contributed by atoms with Gasteiger partial charge < -0.3 is 10.6 Å². The summed E-state index contributed by atoms with van der Waals surface area (Å²) >= 11 is 1.72. The number of rotatable bonds is 4. The summed E-state index contributed by atoms with van der Waals surface area (Å²) < 4.78 is 0. The largest absolute Gasteiger partial charge is 0.367 e. The maximum Gasteiger partial charge on any atom is 0.225 e. The van der Waals surface area contributed by atoms with Gasteiger partial charge in [-0.3, -0.25) is 0 Å². The Labute approximate surface area is 124 Å². The Hall–Kier alpha value is -1.36. The van der Waals surface area contributed by atoms with E-state index >= 15 is 0 Å². The zero-order valence-corrected chi connectivity index (χ0v) is 13.2. The first-order valence-corrected chi connectivity index (χ1v) is 8.21. The van der Waals surface area contributed by atoms with Crippen LogP contribution in [-0.2, 0) is 0 Å². The summed E-state index contributed by atoms with van der Waals surface area (Å²) in [5.74, 6) is 2.45. The van der Waals surface area contributed by atoms with E-state index in [1.165, 1.54) is 30.6 Å². The monoisotopic (exact) mass is 290 g/mol. The van der Waals surface area contributed by atoms with Gasteiger partial charge in [-0.25, -0.2) is 4.98 Å². The lowest BCUT2D eigenvalue weighted by atomic mass is 10.00. The number of aryl methyl sites for hydroxylation is 1. The smallest absolute Gasteiger partial charge is 0.225 e. The summed E-state index contributed by atoms with van der Waals surface area (Å²) in [6.07, 6.45) is 5.41. The highest BCUT2D eigenvalue weighted by Gasteiger charge is 2.22. The van der Waals surface area contributed by atoms with Crippen LogP contribution in [0.4, 0.5) is 11.8 Å². The van der Waals surface area contributed by atoms with E-state index in [2.05, 4.69) is 40.5 Å². The lowest BCUT2D eigenvalue weighted by Gasteiger charge is -2.21. The maximum atomic E-state index is 4.62. The van der Waals surface area contributed by atoms with Crippen LogP contribution < -0.4 is 10.6 Å². The van der Waals surface area contributed by atoms with Crippen LogP contribution >= 0.6 is 11.3 Å². The van der Waals surface area contributed by atoms with Crippen molar-refractivity contribution in [3.63, 3.8) is 0 Å². The van der Waals surface area contributed by atoms with Gasteiger partial charge in [0.05, 0.1) is 5.39 Å². The van der Waals surface area contributed by atoms with E-state index in [1.54, 1.807) is 11.3 Å². The molecule has 1 fully saturated rings. The molecule has 4 nitrogen and oxygen atoms in total. The van der Waals surface area contributed by atoms with Gasteiger partial charge in [-0.05, 0) is 38.7 Å². The predicted molar refractivity (Wildman–Crippen MR) is 86.7 cm³/mol. The Kier molecular flexibility index (Phi) is 3.78. The molecule has 0 spiro atoms. The third-order valence-corrected chi connectivity index (χ3v) is 5.16. The van der Waals surface area contributed by atoms with Crippen molar-refractivity contribution in [3.05, 3.63) is 10.9 Å². The van der Waals surface area contributed by atoms with Crippen LogP contribution in [0, 0.1) is 12.8 Å². The van der Waals surface area contributed by atoms with Gasteiger partial charge in [-0.15, -0.1) is 11.3 Å². The molecule has 1 saturated carbocycles. The zero-order chi connectivity index (χ0) is 14.1. The van der Waals surface area contributed by atoms with Gasteiger partial charge in [-0.1, -0.05) is 12.8 Å². The quantitative estimate of drug-likeness (QED) is 0.892. The fourth-order valence-corrected chi connectivity index (χ4v) is 3.93. The number of hydrogen-bond acceptors (Lipinski definition) is 5. The molecule has 20 heavy (non-hydrogen) atoms. The number of hydrogen-bond donors (Lipinski definition) is 2. The molecule has 3 rings (SSSR count). The van der Waals surface area contributed by atoms with E-state index in [1.807, 2.05) is 7.05 Å². The molecule has 1 aliphatic rings. The first-order chi connectivity index (χ1) is 9.67. The molecule has 2 aromatic rings. The molecule has 0 saturated heterocycles. The minimum absolute atomic E-state index is 0.473. The minimum Gasteiger partial charge on any atom is -0.367 e. The molecular weight excluding hydrogens is 268 g/mol. The molecule has 2 aromatic heterocycles. The van der Waals surface area contributed by atoms with Crippen molar-refractivity contribution in [2.24, 2.45) is 5.92 Å². The normalized spacial score (nSPS) is 17.6. The fourth-order valence-electron chi connectivity index (χ4n) is 3.05. The van der Waals surface area contributed by atoms with Crippen LogP contribution in [0.3, 0.4) is 0 Å². The lowest BCUT2D eigenvalue weighted by molar-refractivity contribution is 0.481. The third kappa shape index (κ3) is 2.59. The molecular formula is C15H22N4S. The summed E-state index contributed by atoms with van der Waals surface area (Å²) in [4.78, 5) is 11.5. The van der Waals surface area contributed by atoms with Crippen molar-refractivity contribution >= 4 is 33.3 Å². The Bertz CT molecular complexity index is 601. The number of aromatic nitrogens is 2. The Balaban J connectivity index is 1.92. The molecule has 0 bridgehead atoms. The van der Waals surface area contributed by atoms with Gasteiger partial charge in [0.2, 0.25) is 5.95 Å². The molecule has 5 heteroatoms. The van der Waals surface area contributed by atoms with Crippen LogP contribution in [-0.4, -0.2) is 23.1 Å². The van der Waals surface area contributed by atoms with E-state index in [-0.39, 0.29) is 0 Å². The molecule has 1 atom stereocenters. The van der Waals surface area contributed by atoms with Gasteiger partial charge in [0.25, 0.3) is 0 Å². The molecule has 2 heterocycles. The van der Waals surface area contributed by atoms with Crippen molar-refractivity contribution in [2.45, 2.75) is 45.6 Å². The third-order valence-electron chi connectivity index (χ3n) is 4.21. The van der Waals surface area contributed by atoms with Crippen LogP contribution in [0.5, 0.6) is 0 Å². The number of nitrogens with zero attached hydrogens (tertiary/aromatic N) is 2. The van der Waals surface area contributed by atoms with Crippen molar-refractivity contribution in [1.29, 1.82) is 0 Å². The van der Waals surface area contributed by atoms with Gasteiger partial charge in [0.15, 0.2) is 0 Å². The fraction of sp³-hybridized carbons (Fsp3) is 0.600.